The van der Waals surface area contributed by atoms with Crippen molar-refractivity contribution < 1.29 is 23.8 Å². The van der Waals surface area contributed by atoms with E-state index in [0.717, 1.165) is 11.6 Å². The van der Waals surface area contributed by atoms with Crippen molar-refractivity contribution in [3.05, 3.63) is 101 Å². The smallest absolute Gasteiger partial charge is 0.350 e. The molecule has 0 aliphatic rings. The van der Waals surface area contributed by atoms with E-state index in [9.17, 15) is 4.79 Å². The minimum atomic E-state index is -0.993. The maximum atomic E-state index is 15.7. The van der Waals surface area contributed by atoms with Crippen LogP contribution in [0.5, 0.6) is 11.5 Å². The number of rotatable bonds is 10. The minimum Gasteiger partial charge on any atom is -0.497 e. The number of aromatic amines is 1. The Morgan fingerprint density at radius 1 is 1.30 bits per heavy atom. The summed E-state index contributed by atoms with van der Waals surface area (Å²) < 4.78 is 27.5. The van der Waals surface area contributed by atoms with E-state index in [1.165, 1.54) is 37.7 Å². The molecule has 1 unspecified atom stereocenters. The number of amidine groups is 1. The molecule has 40 heavy (non-hydrogen) atoms. The Labute approximate surface area is 227 Å². The zero-order valence-electron chi connectivity index (χ0n) is 21.6. The van der Waals surface area contributed by atoms with Crippen molar-refractivity contribution in [2.24, 2.45) is 5.73 Å². The second-order valence-corrected chi connectivity index (χ2v) is 7.99. The van der Waals surface area contributed by atoms with Gasteiger partial charge in [0.25, 0.3) is 11.9 Å². The van der Waals surface area contributed by atoms with Gasteiger partial charge in [-0.3, -0.25) is 15.2 Å². The van der Waals surface area contributed by atoms with E-state index in [4.69, 9.17) is 30.5 Å². The second-order valence-electron chi connectivity index (χ2n) is 7.99. The van der Waals surface area contributed by atoms with Crippen molar-refractivity contribution in [2.75, 3.05) is 19.0 Å². The van der Waals surface area contributed by atoms with Crippen LogP contribution in [0.15, 0.2) is 72.3 Å². The zero-order valence-corrected chi connectivity index (χ0v) is 21.6. The first-order valence-electron chi connectivity index (χ1n) is 11.6. The fourth-order valence-electron chi connectivity index (χ4n) is 3.39. The van der Waals surface area contributed by atoms with Crippen LogP contribution in [0.25, 0.3) is 5.95 Å². The Hall–Kier alpha value is -5.53. The molecular weight excluding hydrogens is 523 g/mol. The van der Waals surface area contributed by atoms with Crippen LogP contribution in [0, 0.1) is 11.2 Å². The number of carbonyl (C=O) groups is 1. The zero-order chi connectivity index (χ0) is 29.2. The summed E-state index contributed by atoms with van der Waals surface area (Å²) in [6.45, 7) is 4.75. The number of nitrogens with one attached hydrogen (secondary N) is 3. The number of H-pyrrole nitrogens is 1. The predicted molar refractivity (Wildman–Crippen MR) is 145 cm³/mol. The molecule has 2 aromatic heterocycles. The lowest BCUT2D eigenvalue weighted by atomic mass is 10.0. The second kappa shape index (κ2) is 13.3. The summed E-state index contributed by atoms with van der Waals surface area (Å²) in [5, 5.41) is 22.5. The highest BCUT2D eigenvalue weighted by atomic mass is 19.1. The summed E-state index contributed by atoms with van der Waals surface area (Å²) in [5.74, 6) is -1.19. The van der Waals surface area contributed by atoms with Crippen LogP contribution in [0.2, 0.25) is 0 Å². The molecule has 0 saturated carbocycles. The molecule has 0 aliphatic carbocycles. The van der Waals surface area contributed by atoms with Gasteiger partial charge in [0.05, 0.1) is 7.11 Å². The highest BCUT2D eigenvalue weighted by Crippen LogP contribution is 2.35. The molecule has 0 spiro atoms. The van der Waals surface area contributed by atoms with Crippen LogP contribution in [-0.4, -0.2) is 55.4 Å². The third-order valence-electron chi connectivity index (χ3n) is 5.10. The standard InChI is InChI=1S/C24H23FN8O3.C2H4O2/c1-3-11-36-18-13-16(35-2)12-17(19(18)25)20(30-15-7-5-14(6-8-15)21(26)27)22-31-24(34)33(32-22)23-28-9-4-10-29-23;1-2(3)4/h3-10,12-13,20,30H,1,11H2,2H3,(H3,26,27)(H,31,32,34);1H3,(H,3,4). The molecular formula is C26H27FN8O5. The first kappa shape index (κ1) is 29.0. The number of nitrogen functional groups attached to an aromatic ring is 1. The maximum Gasteiger partial charge on any atom is 0.350 e. The Bertz CT molecular complexity index is 1530. The summed E-state index contributed by atoms with van der Waals surface area (Å²) >= 11 is 0. The van der Waals surface area contributed by atoms with Gasteiger partial charge in [0.15, 0.2) is 17.4 Å². The van der Waals surface area contributed by atoms with Crippen molar-refractivity contribution in [1.82, 2.24) is 24.7 Å². The predicted octanol–water partition coefficient (Wildman–Crippen LogP) is 2.64. The number of hydrogen-bond acceptors (Lipinski definition) is 9. The lowest BCUT2D eigenvalue weighted by Gasteiger charge is -2.21. The van der Waals surface area contributed by atoms with Gasteiger partial charge in [0.2, 0.25) is 0 Å². The molecule has 0 saturated heterocycles. The molecule has 208 valence electrons. The number of aromatic nitrogens is 5. The molecule has 0 fully saturated rings. The Morgan fingerprint density at radius 3 is 2.52 bits per heavy atom. The van der Waals surface area contributed by atoms with Crippen molar-refractivity contribution in [1.29, 1.82) is 5.41 Å². The van der Waals surface area contributed by atoms with Crippen molar-refractivity contribution in [3.63, 3.8) is 0 Å². The normalized spacial score (nSPS) is 11.0. The highest BCUT2D eigenvalue weighted by molar-refractivity contribution is 5.95. The molecule has 4 rings (SSSR count). The van der Waals surface area contributed by atoms with Crippen LogP contribution in [-0.2, 0) is 4.79 Å². The number of nitrogens with two attached hydrogens (primary N) is 1. The summed E-state index contributed by atoms with van der Waals surface area (Å²) in [6.07, 6.45) is 4.44. The molecule has 0 amide bonds. The van der Waals surface area contributed by atoms with E-state index in [0.29, 0.717) is 17.0 Å². The molecule has 0 bridgehead atoms. The summed E-state index contributed by atoms with van der Waals surface area (Å²) in [7, 11) is 1.44. The summed E-state index contributed by atoms with van der Waals surface area (Å²) in [6, 6.07) is 10.1. The van der Waals surface area contributed by atoms with Crippen LogP contribution >= 0.6 is 0 Å². The first-order valence-corrected chi connectivity index (χ1v) is 11.6. The average Bonchev–Trinajstić information content (AvgIpc) is 3.33. The van der Waals surface area contributed by atoms with Gasteiger partial charge in [0.1, 0.15) is 24.2 Å². The van der Waals surface area contributed by atoms with Crippen molar-refractivity contribution in [2.45, 2.75) is 13.0 Å². The number of hydrogen-bond donors (Lipinski definition) is 5. The number of carboxylic acids is 1. The van der Waals surface area contributed by atoms with Gasteiger partial charge in [-0.2, -0.15) is 0 Å². The Kier molecular flexibility index (Phi) is 9.67. The number of carboxylic acid groups (broad SMARTS) is 1. The topological polar surface area (TPSA) is 194 Å². The van der Waals surface area contributed by atoms with Gasteiger partial charge in [0, 0.05) is 42.2 Å². The van der Waals surface area contributed by atoms with Crippen LogP contribution < -0.4 is 26.2 Å². The van der Waals surface area contributed by atoms with Crippen LogP contribution in [0.4, 0.5) is 10.1 Å². The number of anilines is 1. The monoisotopic (exact) mass is 550 g/mol. The van der Waals surface area contributed by atoms with Gasteiger partial charge >= 0.3 is 5.69 Å². The van der Waals surface area contributed by atoms with Crippen molar-refractivity contribution in [3.8, 4) is 17.4 Å². The van der Waals surface area contributed by atoms with E-state index >= 15 is 4.39 Å². The van der Waals surface area contributed by atoms with Crippen LogP contribution in [0.1, 0.15) is 29.9 Å². The Morgan fingerprint density at radius 2 is 1.95 bits per heavy atom. The lowest BCUT2D eigenvalue weighted by molar-refractivity contribution is -0.134. The van der Waals surface area contributed by atoms with Gasteiger partial charge in [-0.15, -0.1) is 9.78 Å². The molecule has 13 nitrogen and oxygen atoms in total. The first-order chi connectivity index (χ1) is 19.1. The van der Waals surface area contributed by atoms with E-state index in [1.54, 1.807) is 30.3 Å². The fraction of sp³-hybridized carbons (Fsp3) is 0.154. The number of benzene rings is 2. The van der Waals surface area contributed by atoms with Crippen LogP contribution in [0.3, 0.4) is 0 Å². The molecule has 1 atom stereocenters. The average molecular weight is 551 g/mol. The molecule has 0 aliphatic heterocycles. The molecule has 4 aromatic rings. The quantitative estimate of drug-likeness (QED) is 0.111. The SMILES string of the molecule is C=CCOc1cc(OC)cc(C(Nc2ccc(C(=N)N)cc2)c2nn(-c3ncccn3)c(=O)[nH]2)c1F.CC(=O)O. The highest BCUT2D eigenvalue weighted by Gasteiger charge is 2.27. The van der Waals surface area contributed by atoms with Crippen molar-refractivity contribution >= 4 is 17.5 Å². The molecule has 6 N–H and O–H groups in total. The van der Waals surface area contributed by atoms with Gasteiger partial charge in [-0.25, -0.2) is 19.2 Å². The fourth-order valence-corrected chi connectivity index (χ4v) is 3.39. The molecule has 14 heteroatoms. The van der Waals surface area contributed by atoms with E-state index in [2.05, 4.69) is 31.9 Å². The number of ether oxygens (including phenoxy) is 2. The number of halogens is 1. The molecule has 2 heterocycles. The largest absolute Gasteiger partial charge is 0.497 e. The third kappa shape index (κ3) is 7.28. The van der Waals surface area contributed by atoms with Gasteiger partial charge < -0.3 is 25.6 Å². The number of aliphatic carboxylic acids is 1. The van der Waals surface area contributed by atoms with Gasteiger partial charge in [-0.1, -0.05) is 12.7 Å². The number of methoxy groups -OCH3 is 1. The number of nitrogens with zero attached hydrogens (tertiary/aromatic N) is 4. The minimum absolute atomic E-state index is 0.0516. The molecule has 0 radical (unpaired) electrons. The summed E-state index contributed by atoms with van der Waals surface area (Å²) in [4.78, 5) is 32.5. The third-order valence-corrected chi connectivity index (χ3v) is 5.10. The van der Waals surface area contributed by atoms with E-state index in [1.807, 2.05) is 0 Å². The Balaban J connectivity index is 0.00000103. The molecule has 2 aromatic carbocycles. The summed E-state index contributed by atoms with van der Waals surface area (Å²) in [5.41, 5.74) is 6.10. The van der Waals surface area contributed by atoms with E-state index in [-0.39, 0.29) is 35.5 Å². The van der Waals surface area contributed by atoms with Gasteiger partial charge in [-0.05, 0) is 36.4 Å². The maximum absolute atomic E-state index is 15.7. The van der Waals surface area contributed by atoms with E-state index < -0.39 is 23.5 Å². The lowest BCUT2D eigenvalue weighted by Crippen LogP contribution is -2.18.